The molecule has 20 heavy (non-hydrogen) atoms. The van der Waals surface area contributed by atoms with Crippen LogP contribution in [0.2, 0.25) is 5.02 Å². The number of nitrogens with two attached hydrogens (primary N) is 1. The lowest BCUT2D eigenvalue weighted by molar-refractivity contribution is -0.138. The summed E-state index contributed by atoms with van der Waals surface area (Å²) in [5.74, 6) is 0. The van der Waals surface area contributed by atoms with Gasteiger partial charge in [-0.1, -0.05) is 45.7 Å². The van der Waals surface area contributed by atoms with Crippen molar-refractivity contribution in [3.8, 4) is 0 Å². The fraction of sp³-hybridized carbons (Fsp3) is 0.143. The molecule has 0 saturated carbocycles. The Morgan fingerprint density at radius 3 is 2.35 bits per heavy atom. The van der Waals surface area contributed by atoms with E-state index in [1.807, 2.05) is 0 Å². The molecule has 0 aromatic heterocycles. The predicted octanol–water partition coefficient (Wildman–Crippen LogP) is 5.17. The third kappa shape index (κ3) is 3.34. The van der Waals surface area contributed by atoms with E-state index in [1.165, 1.54) is 18.2 Å². The maximum Gasteiger partial charge on any atom is 0.416 e. The fourth-order valence-corrected chi connectivity index (χ4v) is 2.85. The van der Waals surface area contributed by atoms with Crippen LogP contribution in [0.4, 0.5) is 13.2 Å². The average Bonchev–Trinajstić information content (AvgIpc) is 2.35. The molecule has 0 aliphatic rings. The highest BCUT2D eigenvalue weighted by Crippen LogP contribution is 2.36. The van der Waals surface area contributed by atoms with Crippen LogP contribution in [0.15, 0.2) is 46.9 Å². The summed E-state index contributed by atoms with van der Waals surface area (Å²) in [6.07, 6.45) is -4.44. The normalized spacial score (nSPS) is 13.3. The zero-order chi connectivity index (χ0) is 14.9. The minimum atomic E-state index is -4.44. The lowest BCUT2D eigenvalue weighted by atomic mass is 9.95. The molecule has 0 heterocycles. The van der Waals surface area contributed by atoms with Crippen molar-refractivity contribution in [3.05, 3.63) is 68.7 Å². The molecule has 0 bridgehead atoms. The van der Waals surface area contributed by atoms with Crippen LogP contribution in [-0.2, 0) is 6.18 Å². The molecule has 6 heteroatoms. The van der Waals surface area contributed by atoms with E-state index in [0.717, 1.165) is 6.07 Å². The molecule has 0 saturated heterocycles. The van der Waals surface area contributed by atoms with Crippen LogP contribution in [0.5, 0.6) is 0 Å². The largest absolute Gasteiger partial charge is 0.416 e. The van der Waals surface area contributed by atoms with Crippen LogP contribution >= 0.6 is 27.5 Å². The topological polar surface area (TPSA) is 26.0 Å². The second kappa shape index (κ2) is 5.76. The van der Waals surface area contributed by atoms with Crippen molar-refractivity contribution < 1.29 is 13.2 Å². The van der Waals surface area contributed by atoms with Crippen LogP contribution in [0.1, 0.15) is 22.7 Å². The first-order chi connectivity index (χ1) is 9.29. The lowest BCUT2D eigenvalue weighted by Crippen LogP contribution is -2.18. The molecule has 2 aromatic carbocycles. The molecule has 0 amide bonds. The predicted molar refractivity (Wildman–Crippen MR) is 76.6 cm³/mol. The van der Waals surface area contributed by atoms with Crippen molar-refractivity contribution >= 4 is 27.5 Å². The van der Waals surface area contributed by atoms with Gasteiger partial charge in [-0.2, -0.15) is 13.2 Å². The molecule has 0 aliphatic heterocycles. The monoisotopic (exact) mass is 363 g/mol. The number of halogens is 5. The quantitative estimate of drug-likeness (QED) is 0.782. The fourth-order valence-electron chi connectivity index (χ4n) is 1.96. The van der Waals surface area contributed by atoms with E-state index >= 15 is 0 Å². The summed E-state index contributed by atoms with van der Waals surface area (Å²) in [5, 5.41) is 0.411. The first kappa shape index (κ1) is 15.4. The first-order valence-electron chi connectivity index (χ1n) is 5.66. The Balaban J connectivity index is 2.51. The number of hydrogen-bond donors (Lipinski definition) is 1. The molecule has 1 atom stereocenters. The smallest absolute Gasteiger partial charge is 0.320 e. The molecular weight excluding hydrogens is 355 g/mol. The van der Waals surface area contributed by atoms with Gasteiger partial charge in [-0.3, -0.25) is 0 Å². The van der Waals surface area contributed by atoms with Crippen molar-refractivity contribution in [1.82, 2.24) is 0 Å². The van der Waals surface area contributed by atoms with Crippen LogP contribution in [0.25, 0.3) is 0 Å². The summed E-state index contributed by atoms with van der Waals surface area (Å²) in [6.45, 7) is 0. The Bertz CT molecular complexity index is 608. The van der Waals surface area contributed by atoms with E-state index in [-0.39, 0.29) is 5.56 Å². The molecule has 1 unspecified atom stereocenters. The van der Waals surface area contributed by atoms with Gasteiger partial charge >= 0.3 is 6.18 Å². The molecule has 0 fully saturated rings. The Morgan fingerprint density at radius 1 is 1.10 bits per heavy atom. The third-order valence-corrected chi connectivity index (χ3v) is 3.52. The molecule has 0 aliphatic carbocycles. The van der Waals surface area contributed by atoms with E-state index in [0.29, 0.717) is 15.1 Å². The van der Waals surface area contributed by atoms with Gasteiger partial charge in [0.1, 0.15) is 0 Å². The van der Waals surface area contributed by atoms with Crippen molar-refractivity contribution in [3.63, 3.8) is 0 Å². The van der Waals surface area contributed by atoms with Gasteiger partial charge in [0.15, 0.2) is 0 Å². The van der Waals surface area contributed by atoms with E-state index in [4.69, 9.17) is 17.3 Å². The van der Waals surface area contributed by atoms with Gasteiger partial charge in [0, 0.05) is 9.50 Å². The van der Waals surface area contributed by atoms with Crippen LogP contribution in [0, 0.1) is 0 Å². The molecule has 2 N–H and O–H groups in total. The Morgan fingerprint density at radius 2 is 1.75 bits per heavy atom. The maximum absolute atomic E-state index is 13.0. The first-order valence-corrected chi connectivity index (χ1v) is 6.84. The molecular formula is C14H10BrClF3N. The lowest BCUT2D eigenvalue weighted by Gasteiger charge is -2.19. The van der Waals surface area contributed by atoms with Gasteiger partial charge in [-0.15, -0.1) is 0 Å². The Labute approximate surface area is 127 Å². The van der Waals surface area contributed by atoms with Gasteiger partial charge < -0.3 is 5.73 Å². The zero-order valence-corrected chi connectivity index (χ0v) is 12.4. The minimum Gasteiger partial charge on any atom is -0.320 e. The number of rotatable bonds is 2. The molecule has 0 spiro atoms. The second-order valence-electron chi connectivity index (χ2n) is 4.27. The standard InChI is InChI=1S/C14H10BrClF3N/c15-9-5-8(6-10(16)7-9)13(20)11-3-1-2-4-12(11)14(17,18)19/h1-7,13H,20H2. The molecule has 106 valence electrons. The Hall–Kier alpha value is -1.04. The number of hydrogen-bond acceptors (Lipinski definition) is 1. The highest BCUT2D eigenvalue weighted by atomic mass is 79.9. The van der Waals surface area contributed by atoms with Gasteiger partial charge in [0.25, 0.3) is 0 Å². The van der Waals surface area contributed by atoms with Gasteiger partial charge in [0.05, 0.1) is 11.6 Å². The van der Waals surface area contributed by atoms with Gasteiger partial charge in [0.2, 0.25) is 0 Å². The van der Waals surface area contributed by atoms with Crippen molar-refractivity contribution in [1.29, 1.82) is 0 Å². The van der Waals surface area contributed by atoms with Gasteiger partial charge in [-0.05, 0) is 35.4 Å². The minimum absolute atomic E-state index is 0.0224. The van der Waals surface area contributed by atoms with E-state index in [2.05, 4.69) is 15.9 Å². The number of benzene rings is 2. The van der Waals surface area contributed by atoms with E-state index in [1.54, 1.807) is 18.2 Å². The SMILES string of the molecule is NC(c1cc(Cl)cc(Br)c1)c1ccccc1C(F)(F)F. The summed E-state index contributed by atoms with van der Waals surface area (Å²) in [7, 11) is 0. The number of alkyl halides is 3. The molecule has 2 rings (SSSR count). The summed E-state index contributed by atoms with van der Waals surface area (Å²) in [6, 6.07) is 9.23. The highest BCUT2D eigenvalue weighted by Gasteiger charge is 2.34. The summed E-state index contributed by atoms with van der Waals surface area (Å²) >= 11 is 9.15. The summed E-state index contributed by atoms with van der Waals surface area (Å²) in [4.78, 5) is 0. The summed E-state index contributed by atoms with van der Waals surface area (Å²) in [5.41, 5.74) is 5.78. The summed E-state index contributed by atoms with van der Waals surface area (Å²) < 4.78 is 39.6. The van der Waals surface area contributed by atoms with Crippen LogP contribution in [-0.4, -0.2) is 0 Å². The molecule has 1 nitrogen and oxygen atoms in total. The zero-order valence-electron chi connectivity index (χ0n) is 10.1. The van der Waals surface area contributed by atoms with Crippen LogP contribution < -0.4 is 5.73 Å². The Kier molecular flexibility index (Phi) is 4.42. The third-order valence-electron chi connectivity index (χ3n) is 2.85. The second-order valence-corrected chi connectivity index (χ2v) is 5.62. The maximum atomic E-state index is 13.0. The van der Waals surface area contributed by atoms with Crippen molar-refractivity contribution in [2.24, 2.45) is 5.73 Å². The molecule has 2 aromatic rings. The highest BCUT2D eigenvalue weighted by molar-refractivity contribution is 9.10. The average molecular weight is 365 g/mol. The van der Waals surface area contributed by atoms with Crippen LogP contribution in [0.3, 0.4) is 0 Å². The van der Waals surface area contributed by atoms with Crippen molar-refractivity contribution in [2.75, 3.05) is 0 Å². The van der Waals surface area contributed by atoms with Gasteiger partial charge in [-0.25, -0.2) is 0 Å². The van der Waals surface area contributed by atoms with Crippen molar-refractivity contribution in [2.45, 2.75) is 12.2 Å². The van der Waals surface area contributed by atoms with E-state index < -0.39 is 17.8 Å². The molecule has 0 radical (unpaired) electrons. The van der Waals surface area contributed by atoms with E-state index in [9.17, 15) is 13.2 Å².